The number of rotatable bonds is 8. The second-order valence-corrected chi connectivity index (χ2v) is 7.83. The van der Waals surface area contributed by atoms with Gasteiger partial charge in [-0.25, -0.2) is 4.98 Å². The molecule has 2 atom stereocenters. The summed E-state index contributed by atoms with van der Waals surface area (Å²) in [6, 6.07) is 6.92. The highest BCUT2D eigenvalue weighted by atomic mass is 32.1. The number of nitrogens with zero attached hydrogens (tertiary/aromatic N) is 1. The topological polar surface area (TPSA) is 68.0 Å². The zero-order valence-corrected chi connectivity index (χ0v) is 17.0. The van der Waals surface area contributed by atoms with Gasteiger partial charge in [0.1, 0.15) is 6.29 Å². The standard InChI is InChI=1S/C13H15NOS.C7H18N2/c1-9(2)10-5-6-11-12(8-10)16-13(14-11)4-3-7-15;1-4-6(2)7(5-8)9-3/h5-9H,3-4H2,1-2H3;6-7,9H,4-5,8H2,1-3H3. The molecule has 1 aromatic carbocycles. The van der Waals surface area contributed by atoms with E-state index in [1.165, 1.54) is 16.7 Å². The van der Waals surface area contributed by atoms with E-state index >= 15 is 0 Å². The van der Waals surface area contributed by atoms with Crippen molar-refractivity contribution < 1.29 is 4.79 Å². The molecule has 2 unspecified atom stereocenters. The summed E-state index contributed by atoms with van der Waals surface area (Å²) in [5.74, 6) is 1.24. The fourth-order valence-electron chi connectivity index (χ4n) is 2.56. The second-order valence-electron chi connectivity index (χ2n) is 6.71. The van der Waals surface area contributed by atoms with Crippen molar-refractivity contribution in [3.63, 3.8) is 0 Å². The highest BCUT2D eigenvalue weighted by Gasteiger charge is 2.10. The molecule has 1 heterocycles. The van der Waals surface area contributed by atoms with Crippen molar-refractivity contribution in [2.24, 2.45) is 11.7 Å². The number of hydrogen-bond acceptors (Lipinski definition) is 5. The minimum atomic E-state index is 0.495. The molecule has 0 fully saturated rings. The number of nitrogens with two attached hydrogens (primary N) is 1. The van der Waals surface area contributed by atoms with Crippen LogP contribution in [0.3, 0.4) is 0 Å². The van der Waals surface area contributed by atoms with Gasteiger partial charge in [0.15, 0.2) is 0 Å². The normalized spacial score (nSPS) is 13.4. The number of thiazole rings is 1. The molecule has 0 aliphatic heterocycles. The first-order valence-electron chi connectivity index (χ1n) is 9.17. The molecule has 0 saturated carbocycles. The lowest BCUT2D eigenvalue weighted by Gasteiger charge is -2.19. The van der Waals surface area contributed by atoms with Crippen molar-refractivity contribution in [3.8, 4) is 0 Å². The Morgan fingerprint density at radius 2 is 2.04 bits per heavy atom. The molecule has 5 heteroatoms. The lowest BCUT2D eigenvalue weighted by molar-refractivity contribution is -0.107. The summed E-state index contributed by atoms with van der Waals surface area (Å²) in [6.07, 6.45) is 3.48. The van der Waals surface area contributed by atoms with Crippen LogP contribution in [0.4, 0.5) is 0 Å². The van der Waals surface area contributed by atoms with E-state index < -0.39 is 0 Å². The molecule has 4 nitrogen and oxygen atoms in total. The second kappa shape index (κ2) is 11.3. The van der Waals surface area contributed by atoms with Gasteiger partial charge in [-0.1, -0.05) is 40.2 Å². The first-order valence-corrected chi connectivity index (χ1v) is 9.98. The van der Waals surface area contributed by atoms with Crippen LogP contribution in [-0.4, -0.2) is 30.9 Å². The Labute approximate surface area is 156 Å². The van der Waals surface area contributed by atoms with Crippen LogP contribution in [0.25, 0.3) is 10.2 Å². The minimum absolute atomic E-state index is 0.495. The first kappa shape index (κ1) is 21.7. The Morgan fingerprint density at radius 3 is 2.52 bits per heavy atom. The Morgan fingerprint density at radius 1 is 1.32 bits per heavy atom. The molecule has 140 valence electrons. The van der Waals surface area contributed by atoms with E-state index in [1.54, 1.807) is 11.3 Å². The molecule has 0 spiro atoms. The Kier molecular flexibility index (Phi) is 9.86. The van der Waals surface area contributed by atoms with Gasteiger partial charge in [-0.15, -0.1) is 11.3 Å². The van der Waals surface area contributed by atoms with E-state index in [-0.39, 0.29) is 0 Å². The zero-order chi connectivity index (χ0) is 18.8. The van der Waals surface area contributed by atoms with Gasteiger partial charge < -0.3 is 15.8 Å². The number of aldehydes is 1. The van der Waals surface area contributed by atoms with Crippen molar-refractivity contribution in [1.82, 2.24) is 10.3 Å². The van der Waals surface area contributed by atoms with Crippen molar-refractivity contribution in [2.45, 2.75) is 58.9 Å². The third kappa shape index (κ3) is 6.84. The van der Waals surface area contributed by atoms with Crippen LogP contribution in [0.5, 0.6) is 0 Å². The molecule has 1 aromatic heterocycles. The lowest BCUT2D eigenvalue weighted by atomic mass is 10.00. The van der Waals surface area contributed by atoms with Crippen LogP contribution in [0.1, 0.15) is 57.0 Å². The van der Waals surface area contributed by atoms with Gasteiger partial charge in [-0.2, -0.15) is 0 Å². The number of likely N-dealkylation sites (N-methyl/N-ethyl adjacent to an activating group) is 1. The molecule has 2 aromatic rings. The van der Waals surface area contributed by atoms with Gasteiger partial charge in [0.05, 0.1) is 15.2 Å². The quantitative estimate of drug-likeness (QED) is 0.692. The van der Waals surface area contributed by atoms with E-state index in [0.717, 1.165) is 29.8 Å². The van der Waals surface area contributed by atoms with E-state index in [4.69, 9.17) is 5.73 Å². The third-order valence-corrected chi connectivity index (χ3v) is 5.63. The molecule has 0 radical (unpaired) electrons. The highest BCUT2D eigenvalue weighted by molar-refractivity contribution is 7.18. The van der Waals surface area contributed by atoms with Gasteiger partial charge in [-0.05, 0) is 36.6 Å². The number of benzene rings is 1. The van der Waals surface area contributed by atoms with Gasteiger partial charge >= 0.3 is 0 Å². The van der Waals surface area contributed by atoms with Crippen LogP contribution < -0.4 is 11.1 Å². The van der Waals surface area contributed by atoms with Gasteiger partial charge in [0, 0.05) is 25.4 Å². The number of carbonyl (C=O) groups is 1. The molecule has 3 N–H and O–H groups in total. The molecule has 25 heavy (non-hydrogen) atoms. The van der Waals surface area contributed by atoms with Gasteiger partial charge in [0.2, 0.25) is 0 Å². The van der Waals surface area contributed by atoms with Crippen LogP contribution in [0.2, 0.25) is 0 Å². The maximum Gasteiger partial charge on any atom is 0.120 e. The summed E-state index contributed by atoms with van der Waals surface area (Å²) >= 11 is 1.70. The predicted octanol–water partition coefficient (Wildman–Crippen LogP) is 4.13. The summed E-state index contributed by atoms with van der Waals surface area (Å²) in [6.45, 7) is 9.52. The summed E-state index contributed by atoms with van der Waals surface area (Å²) < 4.78 is 1.23. The largest absolute Gasteiger partial charge is 0.329 e. The summed E-state index contributed by atoms with van der Waals surface area (Å²) in [7, 11) is 1.96. The summed E-state index contributed by atoms with van der Waals surface area (Å²) in [5, 5.41) is 4.24. The minimum Gasteiger partial charge on any atom is -0.329 e. The molecule has 0 amide bonds. The number of hydrogen-bond donors (Lipinski definition) is 2. The molecular formula is C20H33N3OS. The van der Waals surface area contributed by atoms with E-state index in [1.807, 2.05) is 7.05 Å². The molecular weight excluding hydrogens is 330 g/mol. The van der Waals surface area contributed by atoms with Crippen molar-refractivity contribution >= 4 is 27.8 Å². The first-order chi connectivity index (χ1) is 12.0. The van der Waals surface area contributed by atoms with Crippen LogP contribution in [0, 0.1) is 5.92 Å². The number of aromatic nitrogens is 1. The number of aryl methyl sites for hydroxylation is 1. The maximum atomic E-state index is 10.3. The van der Waals surface area contributed by atoms with Crippen LogP contribution >= 0.6 is 11.3 Å². The molecule has 0 saturated heterocycles. The van der Waals surface area contributed by atoms with Crippen LogP contribution in [0.15, 0.2) is 18.2 Å². The smallest absolute Gasteiger partial charge is 0.120 e. The van der Waals surface area contributed by atoms with Gasteiger partial charge in [-0.3, -0.25) is 0 Å². The summed E-state index contributed by atoms with van der Waals surface area (Å²) in [4.78, 5) is 14.8. The Bertz CT molecular complexity index is 635. The Balaban J connectivity index is 0.000000299. The maximum absolute atomic E-state index is 10.3. The SMILES string of the molecule is CC(C)c1ccc2nc(CCC=O)sc2c1.CCC(C)C(CN)NC. The number of fused-ring (bicyclic) bond motifs is 1. The van der Waals surface area contributed by atoms with E-state index in [9.17, 15) is 4.79 Å². The van der Waals surface area contributed by atoms with Crippen molar-refractivity contribution in [2.75, 3.05) is 13.6 Å². The molecule has 0 aliphatic rings. The van der Waals surface area contributed by atoms with Crippen LogP contribution in [-0.2, 0) is 11.2 Å². The molecule has 2 rings (SSSR count). The Hall–Kier alpha value is -1.30. The fraction of sp³-hybridized carbons (Fsp3) is 0.600. The monoisotopic (exact) mass is 363 g/mol. The van der Waals surface area contributed by atoms with Crippen molar-refractivity contribution in [3.05, 3.63) is 28.8 Å². The molecule has 0 aliphatic carbocycles. The predicted molar refractivity (Wildman–Crippen MR) is 109 cm³/mol. The number of nitrogens with one attached hydrogen (secondary N) is 1. The summed E-state index contributed by atoms with van der Waals surface area (Å²) in [5.41, 5.74) is 7.89. The van der Waals surface area contributed by atoms with Crippen molar-refractivity contribution in [1.29, 1.82) is 0 Å². The zero-order valence-electron chi connectivity index (χ0n) is 16.2. The number of carbonyl (C=O) groups excluding carboxylic acids is 1. The van der Waals surface area contributed by atoms with E-state index in [2.05, 4.69) is 56.2 Å². The highest BCUT2D eigenvalue weighted by Crippen LogP contribution is 2.26. The lowest BCUT2D eigenvalue weighted by Crippen LogP contribution is -2.38. The van der Waals surface area contributed by atoms with E-state index in [0.29, 0.717) is 24.3 Å². The fourth-order valence-corrected chi connectivity index (χ4v) is 3.59. The third-order valence-electron chi connectivity index (χ3n) is 4.56. The van der Waals surface area contributed by atoms with Gasteiger partial charge in [0.25, 0.3) is 0 Å². The average molecular weight is 364 g/mol. The average Bonchev–Trinajstić information content (AvgIpc) is 3.03. The molecule has 0 bridgehead atoms.